The van der Waals surface area contributed by atoms with E-state index in [0.717, 1.165) is 29.7 Å². The summed E-state index contributed by atoms with van der Waals surface area (Å²) in [4.78, 5) is 28.2. The minimum atomic E-state index is -5.27. The maximum absolute atomic E-state index is 12.8. The Morgan fingerprint density at radius 3 is 2.45 bits per heavy atom. The molecule has 0 spiro atoms. The van der Waals surface area contributed by atoms with Crippen LogP contribution in [0.1, 0.15) is 33.6 Å². The second kappa shape index (κ2) is 11.8. The molecule has 0 saturated heterocycles. The average Bonchev–Trinajstić information content (AvgIpc) is 3.34. The first kappa shape index (κ1) is 27.3. The van der Waals surface area contributed by atoms with Gasteiger partial charge in [-0.3, -0.25) is 9.67 Å². The summed E-state index contributed by atoms with van der Waals surface area (Å²) in [7, 11) is 0. The van der Waals surface area contributed by atoms with Crippen LogP contribution in [0, 0.1) is 0 Å². The van der Waals surface area contributed by atoms with Gasteiger partial charge in [0.05, 0.1) is 5.69 Å². The van der Waals surface area contributed by atoms with Crippen LogP contribution in [0.2, 0.25) is 0 Å². The Bertz CT molecular complexity index is 1500. The lowest BCUT2D eigenvalue weighted by molar-refractivity contribution is -0.193. The van der Waals surface area contributed by atoms with E-state index in [2.05, 4.69) is 56.5 Å². The van der Waals surface area contributed by atoms with Crippen LogP contribution in [-0.2, 0) is 35.3 Å². The van der Waals surface area contributed by atoms with E-state index in [9.17, 15) is 22.8 Å². The molecule has 1 aliphatic carbocycles. The van der Waals surface area contributed by atoms with Crippen LogP contribution in [0.4, 0.5) is 13.2 Å². The van der Waals surface area contributed by atoms with Crippen molar-refractivity contribution in [1.82, 2.24) is 20.1 Å². The van der Waals surface area contributed by atoms with Gasteiger partial charge in [0.2, 0.25) is 0 Å². The Hall–Kier alpha value is -4.31. The predicted octanol–water partition coefficient (Wildman–Crippen LogP) is 5.18. The molecule has 7 nitrogen and oxygen atoms in total. The highest BCUT2D eigenvalue weighted by molar-refractivity contribution is 5.99. The minimum absolute atomic E-state index is 0.117. The molecule has 0 aliphatic heterocycles. The quantitative estimate of drug-likeness (QED) is 0.176. The van der Waals surface area contributed by atoms with E-state index in [4.69, 9.17) is 0 Å². The number of benzene rings is 2. The van der Waals surface area contributed by atoms with Gasteiger partial charge in [-0.15, -0.1) is 0 Å². The molecule has 0 bridgehead atoms. The third kappa shape index (κ3) is 6.12. The molecule has 2 aromatic heterocycles. The first-order chi connectivity index (χ1) is 19.3. The number of rotatable bonds is 9. The molecule has 0 radical (unpaired) electrons. The van der Waals surface area contributed by atoms with E-state index < -0.39 is 18.1 Å². The molecule has 5 rings (SSSR count). The van der Waals surface area contributed by atoms with Crippen LogP contribution in [-0.4, -0.2) is 46.0 Å². The fraction of sp³-hybridized carbons (Fsp3) is 0.267. The number of fused-ring (bicyclic) bond motifs is 3. The van der Waals surface area contributed by atoms with Crippen molar-refractivity contribution >= 4 is 11.9 Å². The zero-order valence-electron chi connectivity index (χ0n) is 21.6. The lowest BCUT2D eigenvalue weighted by Crippen LogP contribution is -2.29. The number of aryl methyl sites for hydroxylation is 2. The molecular formula is C30H27F3N4O3. The smallest absolute Gasteiger partial charge is 0.381 e. The Kier molecular flexibility index (Phi) is 8.06. The minimum Gasteiger partial charge on any atom is -0.381 e. The number of nitrogens with zero attached hydrogens (tertiary/aromatic N) is 3. The van der Waals surface area contributed by atoms with Gasteiger partial charge in [0.1, 0.15) is 0 Å². The van der Waals surface area contributed by atoms with E-state index in [0.29, 0.717) is 37.1 Å². The fourth-order valence-corrected chi connectivity index (χ4v) is 4.86. The van der Waals surface area contributed by atoms with Gasteiger partial charge in [-0.2, -0.15) is 18.3 Å². The SMILES string of the molecule is O=C(OC(=O)C(F)(F)F)c1c2c(nn1CCCNCCc1ccc(-c3ccccc3)cc1)-c1ccncc1CC2. The summed E-state index contributed by atoms with van der Waals surface area (Å²) in [6.07, 6.45) is 0.337. The maximum atomic E-state index is 12.8. The van der Waals surface area contributed by atoms with E-state index in [-0.39, 0.29) is 12.2 Å². The monoisotopic (exact) mass is 548 g/mol. The van der Waals surface area contributed by atoms with Crippen molar-refractivity contribution in [2.45, 2.75) is 38.4 Å². The number of carbonyl (C=O) groups excluding carboxylic acids is 2. The van der Waals surface area contributed by atoms with Crippen molar-refractivity contribution in [2.24, 2.45) is 0 Å². The van der Waals surface area contributed by atoms with Gasteiger partial charge < -0.3 is 10.1 Å². The second-order valence-corrected chi connectivity index (χ2v) is 9.52. The molecular weight excluding hydrogens is 521 g/mol. The maximum Gasteiger partial charge on any atom is 0.491 e. The average molecular weight is 549 g/mol. The third-order valence-corrected chi connectivity index (χ3v) is 6.84. The summed E-state index contributed by atoms with van der Waals surface area (Å²) in [5.41, 5.74) is 6.08. The van der Waals surface area contributed by atoms with Crippen LogP contribution in [0.3, 0.4) is 0 Å². The van der Waals surface area contributed by atoms with Gasteiger partial charge in [0.15, 0.2) is 5.69 Å². The van der Waals surface area contributed by atoms with Crippen LogP contribution in [0.5, 0.6) is 0 Å². The van der Waals surface area contributed by atoms with Crippen LogP contribution in [0.15, 0.2) is 73.1 Å². The van der Waals surface area contributed by atoms with Gasteiger partial charge in [-0.25, -0.2) is 9.59 Å². The Balaban J connectivity index is 1.21. The third-order valence-electron chi connectivity index (χ3n) is 6.84. The molecule has 2 heterocycles. The molecule has 2 aromatic carbocycles. The Labute approximate surface area is 229 Å². The molecule has 40 heavy (non-hydrogen) atoms. The molecule has 1 N–H and O–H groups in total. The molecule has 1 aliphatic rings. The van der Waals surface area contributed by atoms with Crippen molar-refractivity contribution in [2.75, 3.05) is 13.1 Å². The zero-order valence-corrected chi connectivity index (χ0v) is 21.6. The first-order valence-corrected chi connectivity index (χ1v) is 13.0. The van der Waals surface area contributed by atoms with Crippen molar-refractivity contribution in [3.8, 4) is 22.4 Å². The topological polar surface area (TPSA) is 86.1 Å². The normalized spacial score (nSPS) is 12.5. The summed E-state index contributed by atoms with van der Waals surface area (Å²) >= 11 is 0. The van der Waals surface area contributed by atoms with E-state index in [1.165, 1.54) is 15.8 Å². The van der Waals surface area contributed by atoms with Gasteiger partial charge in [-0.05, 0) is 67.1 Å². The van der Waals surface area contributed by atoms with Crippen molar-refractivity contribution < 1.29 is 27.5 Å². The number of pyridine rings is 1. The lowest BCUT2D eigenvalue weighted by atomic mass is 9.90. The molecule has 4 aromatic rings. The van der Waals surface area contributed by atoms with Gasteiger partial charge in [0, 0.05) is 30.1 Å². The molecule has 0 saturated carbocycles. The number of esters is 2. The van der Waals surface area contributed by atoms with Gasteiger partial charge in [-0.1, -0.05) is 54.6 Å². The van der Waals surface area contributed by atoms with E-state index >= 15 is 0 Å². The number of nitrogens with one attached hydrogen (secondary N) is 1. The largest absolute Gasteiger partial charge is 0.491 e. The molecule has 0 unspecified atom stereocenters. The van der Waals surface area contributed by atoms with Crippen molar-refractivity contribution in [3.63, 3.8) is 0 Å². The Morgan fingerprint density at radius 1 is 0.950 bits per heavy atom. The molecule has 0 fully saturated rings. The number of hydrogen-bond acceptors (Lipinski definition) is 6. The predicted molar refractivity (Wildman–Crippen MR) is 142 cm³/mol. The number of alkyl halides is 3. The highest BCUT2D eigenvalue weighted by Gasteiger charge is 2.43. The summed E-state index contributed by atoms with van der Waals surface area (Å²) in [5.74, 6) is -3.89. The summed E-state index contributed by atoms with van der Waals surface area (Å²) in [5, 5.41) is 7.91. The molecule has 206 valence electrons. The number of ether oxygens (including phenoxy) is 1. The molecule has 0 atom stereocenters. The highest BCUT2D eigenvalue weighted by atomic mass is 19.4. The number of carbonyl (C=O) groups is 2. The first-order valence-electron chi connectivity index (χ1n) is 13.0. The zero-order chi connectivity index (χ0) is 28.1. The van der Waals surface area contributed by atoms with E-state index in [1.807, 2.05) is 18.2 Å². The summed E-state index contributed by atoms with van der Waals surface area (Å²) in [6.45, 7) is 1.59. The molecule has 0 amide bonds. The molecule has 10 heteroatoms. The van der Waals surface area contributed by atoms with Gasteiger partial charge in [0.25, 0.3) is 0 Å². The van der Waals surface area contributed by atoms with Crippen molar-refractivity contribution in [1.29, 1.82) is 0 Å². The van der Waals surface area contributed by atoms with Crippen LogP contribution in [0.25, 0.3) is 22.4 Å². The summed E-state index contributed by atoms with van der Waals surface area (Å²) in [6, 6.07) is 20.3. The summed E-state index contributed by atoms with van der Waals surface area (Å²) < 4.78 is 43.8. The lowest BCUT2D eigenvalue weighted by Gasteiger charge is -2.15. The van der Waals surface area contributed by atoms with E-state index in [1.54, 1.807) is 18.5 Å². The van der Waals surface area contributed by atoms with Crippen LogP contribution >= 0.6 is 0 Å². The number of halogens is 3. The number of aromatic nitrogens is 3. The second-order valence-electron chi connectivity index (χ2n) is 9.52. The van der Waals surface area contributed by atoms with Crippen molar-refractivity contribution in [3.05, 3.63) is 95.4 Å². The number of hydrogen-bond donors (Lipinski definition) is 1. The highest BCUT2D eigenvalue weighted by Crippen LogP contribution is 2.34. The van der Waals surface area contributed by atoms with Gasteiger partial charge >= 0.3 is 18.1 Å². The Morgan fingerprint density at radius 2 is 1.70 bits per heavy atom. The standard InChI is InChI=1S/C30H27F3N4O3/c31-30(32,33)29(39)40-28(38)27-25-12-11-23-19-35-17-14-24(23)26(25)36-37(27)18-4-15-34-16-13-20-7-9-22(10-8-20)21-5-2-1-3-6-21/h1-3,5-10,14,17,19,34H,4,11-13,15-16,18H2. The fourth-order valence-electron chi connectivity index (χ4n) is 4.86. The van der Waals surface area contributed by atoms with Crippen LogP contribution < -0.4 is 5.32 Å².